The maximum atomic E-state index is 10.1. The van der Waals surface area contributed by atoms with E-state index in [1.807, 2.05) is 19.4 Å². The average molecular weight is 243 g/mol. The van der Waals surface area contributed by atoms with Gasteiger partial charge in [-0.1, -0.05) is 11.6 Å². The highest BCUT2D eigenvalue weighted by Crippen LogP contribution is 2.34. The van der Waals surface area contributed by atoms with E-state index in [-0.39, 0.29) is 0 Å². The lowest BCUT2D eigenvalue weighted by molar-refractivity contribution is 0.210. The van der Waals surface area contributed by atoms with E-state index >= 15 is 0 Å². The smallest absolute Gasteiger partial charge is 0.147 e. The fourth-order valence-electron chi connectivity index (χ4n) is 1.39. The molecule has 0 spiro atoms. The Kier molecular flexibility index (Phi) is 2.82. The molecule has 2 rings (SSSR count). The van der Waals surface area contributed by atoms with Crippen molar-refractivity contribution >= 4 is 22.9 Å². The van der Waals surface area contributed by atoms with Gasteiger partial charge in [-0.2, -0.15) is 0 Å². The Hall–Kier alpha value is -0.840. The Labute approximate surface area is 97.0 Å². The first-order valence-corrected chi connectivity index (χ1v) is 5.75. The summed E-state index contributed by atoms with van der Waals surface area (Å²) >= 11 is 7.54. The zero-order chi connectivity index (χ0) is 11.0. The fourth-order valence-corrected chi connectivity index (χ4v) is 2.67. The molecule has 0 aliphatic rings. The van der Waals surface area contributed by atoms with Crippen molar-refractivity contribution in [2.75, 3.05) is 0 Å². The summed E-state index contributed by atoms with van der Waals surface area (Å²) in [5, 5.41) is 12.7. The van der Waals surface area contributed by atoms with Gasteiger partial charge in [-0.15, -0.1) is 11.3 Å². The van der Waals surface area contributed by atoms with E-state index in [9.17, 15) is 5.11 Å². The molecule has 15 heavy (non-hydrogen) atoms. The molecule has 0 radical (unpaired) electrons. The molecule has 1 atom stereocenters. The summed E-state index contributed by atoms with van der Waals surface area (Å²) in [5.41, 5.74) is 0.991. The Morgan fingerprint density at radius 3 is 2.80 bits per heavy atom. The lowest BCUT2D eigenvalue weighted by Crippen LogP contribution is -2.05. The minimum absolute atomic E-state index is 0.610. The maximum Gasteiger partial charge on any atom is 0.147 e. The molecule has 0 saturated heterocycles. The molecule has 0 bridgehead atoms. The molecule has 2 aromatic heterocycles. The van der Waals surface area contributed by atoms with E-state index in [2.05, 4.69) is 4.98 Å². The van der Waals surface area contributed by atoms with Crippen LogP contribution in [0.5, 0.6) is 0 Å². The number of hydrogen-bond acceptors (Lipinski definition) is 3. The number of aryl methyl sites for hydroxylation is 2. The highest BCUT2D eigenvalue weighted by molar-refractivity contribution is 7.10. The molecular weight excluding hydrogens is 232 g/mol. The van der Waals surface area contributed by atoms with Crippen LogP contribution in [-0.4, -0.2) is 14.7 Å². The molecule has 1 unspecified atom stereocenters. The molecule has 0 amide bonds. The summed E-state index contributed by atoms with van der Waals surface area (Å²) < 4.78 is 1.79. The highest BCUT2D eigenvalue weighted by atomic mass is 35.5. The van der Waals surface area contributed by atoms with Crippen molar-refractivity contribution < 1.29 is 5.11 Å². The quantitative estimate of drug-likeness (QED) is 0.879. The van der Waals surface area contributed by atoms with Crippen LogP contribution in [0.1, 0.15) is 22.4 Å². The van der Waals surface area contributed by atoms with Crippen molar-refractivity contribution in [1.82, 2.24) is 9.55 Å². The largest absolute Gasteiger partial charge is 0.379 e. The summed E-state index contributed by atoms with van der Waals surface area (Å²) in [7, 11) is 1.85. The van der Waals surface area contributed by atoms with Gasteiger partial charge < -0.3 is 9.67 Å². The van der Waals surface area contributed by atoms with Crippen molar-refractivity contribution in [3.8, 4) is 0 Å². The van der Waals surface area contributed by atoms with Gasteiger partial charge in [0.05, 0.1) is 9.90 Å². The maximum absolute atomic E-state index is 10.1. The van der Waals surface area contributed by atoms with Gasteiger partial charge in [0.2, 0.25) is 0 Å². The van der Waals surface area contributed by atoms with E-state index in [0.717, 1.165) is 10.4 Å². The van der Waals surface area contributed by atoms with E-state index in [0.29, 0.717) is 10.8 Å². The van der Waals surface area contributed by atoms with Gasteiger partial charge in [0.25, 0.3) is 0 Å². The first-order valence-electron chi connectivity index (χ1n) is 4.50. The second-order valence-electron chi connectivity index (χ2n) is 3.40. The number of thiophene rings is 1. The number of aliphatic hydroxyl groups is 1. The first kappa shape index (κ1) is 10.7. The molecule has 5 heteroatoms. The molecule has 0 aliphatic heterocycles. The zero-order valence-electron chi connectivity index (χ0n) is 8.44. The minimum Gasteiger partial charge on any atom is -0.379 e. The van der Waals surface area contributed by atoms with E-state index < -0.39 is 6.10 Å². The summed E-state index contributed by atoms with van der Waals surface area (Å²) in [6.07, 6.45) is 2.72. The van der Waals surface area contributed by atoms with E-state index in [1.54, 1.807) is 17.0 Å². The Balaban J connectivity index is 2.41. The average Bonchev–Trinajstić information content (AvgIpc) is 2.75. The lowest BCUT2D eigenvalue weighted by atomic mass is 10.2. The van der Waals surface area contributed by atoms with Crippen molar-refractivity contribution in [3.05, 3.63) is 39.1 Å². The van der Waals surface area contributed by atoms with E-state index in [1.165, 1.54) is 11.3 Å². The Morgan fingerprint density at radius 1 is 1.60 bits per heavy atom. The van der Waals surface area contributed by atoms with Crippen molar-refractivity contribution in [3.63, 3.8) is 0 Å². The van der Waals surface area contributed by atoms with E-state index in [4.69, 9.17) is 11.6 Å². The van der Waals surface area contributed by atoms with Gasteiger partial charge in [0.1, 0.15) is 11.9 Å². The number of rotatable bonds is 2. The molecule has 1 N–H and O–H groups in total. The molecule has 0 saturated carbocycles. The summed E-state index contributed by atoms with van der Waals surface area (Å²) in [4.78, 5) is 4.86. The van der Waals surface area contributed by atoms with Gasteiger partial charge in [0, 0.05) is 19.4 Å². The van der Waals surface area contributed by atoms with Gasteiger partial charge in [-0.3, -0.25) is 0 Å². The zero-order valence-corrected chi connectivity index (χ0v) is 10.0. The number of nitrogens with zero attached hydrogens (tertiary/aromatic N) is 2. The number of hydrogen-bond donors (Lipinski definition) is 1. The van der Waals surface area contributed by atoms with Gasteiger partial charge >= 0.3 is 0 Å². The van der Waals surface area contributed by atoms with Gasteiger partial charge in [0.15, 0.2) is 0 Å². The van der Waals surface area contributed by atoms with Gasteiger partial charge in [-0.25, -0.2) is 4.98 Å². The van der Waals surface area contributed by atoms with Crippen LogP contribution in [0.4, 0.5) is 0 Å². The monoisotopic (exact) mass is 242 g/mol. The first-order chi connectivity index (χ1) is 7.11. The van der Waals surface area contributed by atoms with Crippen LogP contribution < -0.4 is 0 Å². The second-order valence-corrected chi connectivity index (χ2v) is 4.69. The standard InChI is InChI=1S/C10H11ClN2OS/c1-6-5-15-9(7(6)11)8(14)10-12-3-4-13(10)2/h3-5,8,14H,1-2H3. The van der Waals surface area contributed by atoms with Gasteiger partial charge in [-0.05, 0) is 17.9 Å². The normalized spacial score (nSPS) is 13.1. The van der Waals surface area contributed by atoms with Crippen LogP contribution in [0.25, 0.3) is 0 Å². The summed E-state index contributed by atoms with van der Waals surface area (Å²) in [5.74, 6) is 0.610. The molecule has 80 valence electrons. The van der Waals surface area contributed by atoms with Crippen LogP contribution >= 0.6 is 22.9 Å². The summed E-state index contributed by atoms with van der Waals surface area (Å²) in [6, 6.07) is 0. The molecule has 0 aliphatic carbocycles. The van der Waals surface area contributed by atoms with Crippen LogP contribution in [0.3, 0.4) is 0 Å². The Morgan fingerprint density at radius 2 is 2.33 bits per heavy atom. The predicted molar refractivity (Wildman–Crippen MR) is 61.3 cm³/mol. The third kappa shape index (κ3) is 1.80. The SMILES string of the molecule is Cc1csc(C(O)c2nccn2C)c1Cl. The van der Waals surface area contributed by atoms with Crippen LogP contribution in [-0.2, 0) is 7.05 Å². The number of aliphatic hydroxyl groups excluding tert-OH is 1. The lowest BCUT2D eigenvalue weighted by Gasteiger charge is -2.09. The topological polar surface area (TPSA) is 38.1 Å². The van der Waals surface area contributed by atoms with Crippen molar-refractivity contribution in [1.29, 1.82) is 0 Å². The number of halogens is 1. The van der Waals surface area contributed by atoms with Crippen LogP contribution in [0.15, 0.2) is 17.8 Å². The number of aromatic nitrogens is 2. The number of imidazole rings is 1. The Bertz CT molecular complexity index is 477. The minimum atomic E-state index is -0.740. The predicted octanol–water partition coefficient (Wildman–Crippen LogP) is 2.53. The molecule has 0 fully saturated rings. The second kappa shape index (κ2) is 3.96. The molecule has 2 heterocycles. The fraction of sp³-hybridized carbons (Fsp3) is 0.300. The van der Waals surface area contributed by atoms with Crippen molar-refractivity contribution in [2.24, 2.45) is 7.05 Å². The third-order valence-electron chi connectivity index (χ3n) is 2.28. The molecule has 3 nitrogen and oxygen atoms in total. The molecule has 2 aromatic rings. The summed E-state index contributed by atoms with van der Waals surface area (Å²) in [6.45, 7) is 1.92. The highest BCUT2D eigenvalue weighted by Gasteiger charge is 2.20. The van der Waals surface area contributed by atoms with Crippen molar-refractivity contribution in [2.45, 2.75) is 13.0 Å². The molecule has 0 aromatic carbocycles. The molecular formula is C10H11ClN2OS. The van der Waals surface area contributed by atoms with Crippen LogP contribution in [0.2, 0.25) is 5.02 Å². The van der Waals surface area contributed by atoms with Crippen LogP contribution in [0, 0.1) is 6.92 Å². The third-order valence-corrected chi connectivity index (χ3v) is 4.04.